The lowest BCUT2D eigenvalue weighted by molar-refractivity contribution is -0.136. The van der Waals surface area contributed by atoms with Crippen LogP contribution in [0.25, 0.3) is 0 Å². The first-order valence-corrected chi connectivity index (χ1v) is 7.55. The molecule has 19 heavy (non-hydrogen) atoms. The number of fused-ring (bicyclic) bond motifs is 1. The standard InChI is InChI=1S/C12H16N2O4S/c1-13-7-8-14(11-5-3-2-4-10(11)13)19(17,18)9-6-12(15)16/h2-5H,6-9H2,1H3,(H,15,16). The van der Waals surface area contributed by atoms with E-state index in [1.807, 2.05) is 24.1 Å². The van der Waals surface area contributed by atoms with Gasteiger partial charge in [-0.15, -0.1) is 0 Å². The molecular weight excluding hydrogens is 268 g/mol. The van der Waals surface area contributed by atoms with E-state index in [1.165, 1.54) is 4.31 Å². The third-order valence-electron chi connectivity index (χ3n) is 3.11. The van der Waals surface area contributed by atoms with Crippen molar-refractivity contribution >= 4 is 27.4 Å². The van der Waals surface area contributed by atoms with Crippen molar-refractivity contribution in [3.63, 3.8) is 0 Å². The number of rotatable bonds is 4. The highest BCUT2D eigenvalue weighted by Gasteiger charge is 2.29. The minimum atomic E-state index is -3.59. The maximum atomic E-state index is 12.2. The molecule has 2 rings (SSSR count). The SMILES string of the molecule is CN1CCN(S(=O)(=O)CCC(=O)O)c2ccccc21. The summed E-state index contributed by atoms with van der Waals surface area (Å²) in [7, 11) is -1.69. The Morgan fingerprint density at radius 2 is 1.89 bits per heavy atom. The van der Waals surface area contributed by atoms with Crippen molar-refractivity contribution in [1.82, 2.24) is 0 Å². The highest BCUT2D eigenvalue weighted by atomic mass is 32.2. The van der Waals surface area contributed by atoms with E-state index >= 15 is 0 Å². The molecule has 0 amide bonds. The summed E-state index contributed by atoms with van der Waals surface area (Å²) in [6.45, 7) is 0.929. The quantitative estimate of drug-likeness (QED) is 0.882. The monoisotopic (exact) mass is 284 g/mol. The van der Waals surface area contributed by atoms with Crippen LogP contribution in [-0.2, 0) is 14.8 Å². The second-order valence-electron chi connectivity index (χ2n) is 4.44. The molecule has 6 nitrogen and oxygen atoms in total. The van der Waals surface area contributed by atoms with Gasteiger partial charge in [0.05, 0.1) is 30.1 Å². The zero-order valence-electron chi connectivity index (χ0n) is 10.6. The Morgan fingerprint density at radius 1 is 1.26 bits per heavy atom. The van der Waals surface area contributed by atoms with Crippen LogP contribution in [0.5, 0.6) is 0 Å². The first kappa shape index (κ1) is 13.7. The van der Waals surface area contributed by atoms with Gasteiger partial charge < -0.3 is 10.0 Å². The first-order valence-electron chi connectivity index (χ1n) is 5.94. The van der Waals surface area contributed by atoms with Crippen LogP contribution in [0.3, 0.4) is 0 Å². The number of carboxylic acid groups (broad SMARTS) is 1. The summed E-state index contributed by atoms with van der Waals surface area (Å²) >= 11 is 0. The van der Waals surface area contributed by atoms with E-state index in [1.54, 1.807) is 12.1 Å². The highest BCUT2D eigenvalue weighted by molar-refractivity contribution is 7.92. The summed E-state index contributed by atoms with van der Waals surface area (Å²) in [5.41, 5.74) is 1.45. The Balaban J connectivity index is 2.32. The molecule has 0 saturated carbocycles. The van der Waals surface area contributed by atoms with E-state index in [0.29, 0.717) is 18.8 Å². The van der Waals surface area contributed by atoms with Crippen LogP contribution in [0.4, 0.5) is 11.4 Å². The molecule has 1 aliphatic heterocycles. The summed E-state index contributed by atoms with van der Waals surface area (Å²) in [4.78, 5) is 12.5. The number of para-hydroxylation sites is 2. The van der Waals surface area contributed by atoms with E-state index in [9.17, 15) is 13.2 Å². The molecule has 7 heteroatoms. The Labute approximate surface area is 112 Å². The van der Waals surface area contributed by atoms with Gasteiger partial charge >= 0.3 is 5.97 Å². The molecule has 1 heterocycles. The molecule has 0 radical (unpaired) electrons. The van der Waals surface area contributed by atoms with E-state index < -0.39 is 16.0 Å². The van der Waals surface area contributed by atoms with Gasteiger partial charge in [0.25, 0.3) is 0 Å². The Kier molecular flexibility index (Phi) is 3.66. The lowest BCUT2D eigenvalue weighted by atomic mass is 10.2. The third kappa shape index (κ3) is 2.81. The number of aliphatic carboxylic acids is 1. The average molecular weight is 284 g/mol. The van der Waals surface area contributed by atoms with Gasteiger partial charge in [0.1, 0.15) is 0 Å². The van der Waals surface area contributed by atoms with Crippen LogP contribution >= 0.6 is 0 Å². The summed E-state index contributed by atoms with van der Waals surface area (Å²) in [6, 6.07) is 7.22. The molecule has 1 aliphatic rings. The lowest BCUT2D eigenvalue weighted by Gasteiger charge is -2.36. The average Bonchev–Trinajstić information content (AvgIpc) is 2.37. The smallest absolute Gasteiger partial charge is 0.304 e. The summed E-state index contributed by atoms with van der Waals surface area (Å²) in [5.74, 6) is -1.48. The van der Waals surface area contributed by atoms with Crippen LogP contribution in [0.1, 0.15) is 6.42 Å². The van der Waals surface area contributed by atoms with Crippen molar-refractivity contribution in [2.24, 2.45) is 0 Å². The number of hydrogen-bond acceptors (Lipinski definition) is 4. The van der Waals surface area contributed by atoms with E-state index in [4.69, 9.17) is 5.11 Å². The van der Waals surface area contributed by atoms with Gasteiger partial charge in [0.15, 0.2) is 0 Å². The molecule has 0 unspecified atom stereocenters. The van der Waals surface area contributed by atoms with Crippen molar-refractivity contribution in [3.8, 4) is 0 Å². The highest BCUT2D eigenvalue weighted by Crippen LogP contribution is 2.33. The molecule has 0 bridgehead atoms. The summed E-state index contributed by atoms with van der Waals surface area (Å²) in [5, 5.41) is 8.62. The number of carboxylic acids is 1. The fourth-order valence-corrected chi connectivity index (χ4v) is 3.56. The fourth-order valence-electron chi connectivity index (χ4n) is 2.09. The predicted molar refractivity (Wildman–Crippen MR) is 73.1 cm³/mol. The number of sulfonamides is 1. The topological polar surface area (TPSA) is 77.9 Å². The Morgan fingerprint density at radius 3 is 2.53 bits per heavy atom. The molecule has 0 fully saturated rings. The van der Waals surface area contributed by atoms with Gasteiger partial charge in [0.2, 0.25) is 10.0 Å². The third-order valence-corrected chi connectivity index (χ3v) is 4.88. The minimum absolute atomic E-state index is 0.343. The first-order chi connectivity index (χ1) is 8.92. The van der Waals surface area contributed by atoms with Gasteiger partial charge in [0, 0.05) is 13.6 Å². The summed E-state index contributed by atoms with van der Waals surface area (Å²) in [6.07, 6.45) is -0.378. The van der Waals surface area contributed by atoms with Gasteiger partial charge in [-0.3, -0.25) is 9.10 Å². The number of nitrogens with zero attached hydrogens (tertiary/aromatic N) is 2. The van der Waals surface area contributed by atoms with Crippen molar-refractivity contribution in [3.05, 3.63) is 24.3 Å². The minimum Gasteiger partial charge on any atom is -0.481 e. The number of anilines is 2. The van der Waals surface area contributed by atoms with Crippen LogP contribution in [-0.4, -0.2) is 45.4 Å². The summed E-state index contributed by atoms with van der Waals surface area (Å²) < 4.78 is 25.7. The maximum absolute atomic E-state index is 12.2. The predicted octanol–water partition coefficient (Wildman–Crippen LogP) is 0.747. The Hall–Kier alpha value is -1.76. The van der Waals surface area contributed by atoms with Crippen LogP contribution in [0.15, 0.2) is 24.3 Å². The van der Waals surface area contributed by atoms with Gasteiger partial charge in [-0.05, 0) is 12.1 Å². The van der Waals surface area contributed by atoms with Crippen LogP contribution in [0, 0.1) is 0 Å². The molecular formula is C12H16N2O4S. The van der Waals surface area contributed by atoms with Crippen molar-refractivity contribution in [2.75, 3.05) is 35.1 Å². The second kappa shape index (κ2) is 5.08. The zero-order valence-corrected chi connectivity index (χ0v) is 11.4. The molecule has 0 aliphatic carbocycles. The van der Waals surface area contributed by atoms with E-state index in [-0.39, 0.29) is 12.2 Å². The zero-order chi connectivity index (χ0) is 14.0. The second-order valence-corrected chi connectivity index (χ2v) is 6.46. The largest absolute Gasteiger partial charge is 0.481 e. The number of benzene rings is 1. The fraction of sp³-hybridized carbons (Fsp3) is 0.417. The molecule has 0 aromatic heterocycles. The molecule has 0 saturated heterocycles. The number of hydrogen-bond donors (Lipinski definition) is 1. The number of carbonyl (C=O) groups is 1. The molecule has 1 aromatic rings. The van der Waals surface area contributed by atoms with Crippen molar-refractivity contribution < 1.29 is 18.3 Å². The normalized spacial score (nSPS) is 15.2. The van der Waals surface area contributed by atoms with Gasteiger partial charge in [-0.2, -0.15) is 0 Å². The van der Waals surface area contributed by atoms with Gasteiger partial charge in [-0.25, -0.2) is 8.42 Å². The van der Waals surface area contributed by atoms with Crippen LogP contribution < -0.4 is 9.21 Å². The van der Waals surface area contributed by atoms with Crippen LogP contribution in [0.2, 0.25) is 0 Å². The van der Waals surface area contributed by atoms with Crippen molar-refractivity contribution in [2.45, 2.75) is 6.42 Å². The van der Waals surface area contributed by atoms with E-state index in [0.717, 1.165) is 5.69 Å². The molecule has 0 atom stereocenters. The maximum Gasteiger partial charge on any atom is 0.304 e. The molecule has 1 N–H and O–H groups in total. The number of likely N-dealkylation sites (N-methyl/N-ethyl adjacent to an activating group) is 1. The molecule has 104 valence electrons. The van der Waals surface area contributed by atoms with E-state index in [2.05, 4.69) is 0 Å². The van der Waals surface area contributed by atoms with Crippen molar-refractivity contribution in [1.29, 1.82) is 0 Å². The molecule has 0 spiro atoms. The van der Waals surface area contributed by atoms with Gasteiger partial charge in [-0.1, -0.05) is 12.1 Å². The lowest BCUT2D eigenvalue weighted by Crippen LogP contribution is -2.43. The Bertz CT molecular complexity index is 585. The molecule has 1 aromatic carbocycles.